The molecule has 12 heavy (non-hydrogen) atoms. The number of carbonyl (C=O) groups excluding carboxylic acids is 1. The van der Waals surface area contributed by atoms with E-state index in [4.69, 9.17) is 0 Å². The van der Waals surface area contributed by atoms with Crippen LogP contribution in [0.25, 0.3) is 0 Å². The van der Waals surface area contributed by atoms with Crippen molar-refractivity contribution in [3.8, 4) is 0 Å². The molecular weight excluding hydrogens is 148 g/mol. The summed E-state index contributed by atoms with van der Waals surface area (Å²) in [7, 11) is 0. The maximum atomic E-state index is 10.4. The Balaban J connectivity index is 3.43. The van der Waals surface area contributed by atoms with Gasteiger partial charge < -0.3 is 0 Å². The fourth-order valence-electron chi connectivity index (χ4n) is 0.725. The molecule has 0 aromatic heterocycles. The maximum Gasteiger partial charge on any atom is 0.152 e. The van der Waals surface area contributed by atoms with Crippen molar-refractivity contribution in [3.63, 3.8) is 0 Å². The zero-order valence-electron chi connectivity index (χ0n) is 7.79. The van der Waals surface area contributed by atoms with Gasteiger partial charge in [-0.3, -0.25) is 4.79 Å². The summed E-state index contributed by atoms with van der Waals surface area (Å²) in [6.07, 6.45) is 13.6. The van der Waals surface area contributed by atoms with Gasteiger partial charge in [-0.25, -0.2) is 0 Å². The molecule has 0 fully saturated rings. The topological polar surface area (TPSA) is 17.1 Å². The second-order valence-corrected chi connectivity index (χ2v) is 2.54. The number of ketones is 1. The monoisotopic (exact) mass is 164 g/mol. The largest absolute Gasteiger partial charge is 0.295 e. The molecule has 0 aliphatic heterocycles. The minimum atomic E-state index is 0.0908. The van der Waals surface area contributed by atoms with Crippen molar-refractivity contribution in [1.29, 1.82) is 0 Å². The molecule has 0 heterocycles. The van der Waals surface area contributed by atoms with Crippen LogP contribution in [-0.2, 0) is 4.79 Å². The lowest BCUT2D eigenvalue weighted by Crippen LogP contribution is -1.77. The highest BCUT2D eigenvalue weighted by atomic mass is 16.1. The van der Waals surface area contributed by atoms with Gasteiger partial charge in [-0.2, -0.15) is 0 Å². The summed E-state index contributed by atoms with van der Waals surface area (Å²) in [5.41, 5.74) is 0. The minimum Gasteiger partial charge on any atom is -0.295 e. The van der Waals surface area contributed by atoms with Crippen LogP contribution >= 0.6 is 0 Å². The Labute approximate surface area is 74.5 Å². The summed E-state index contributed by atoms with van der Waals surface area (Å²) in [6, 6.07) is 0. The molecule has 0 atom stereocenters. The van der Waals surface area contributed by atoms with Crippen molar-refractivity contribution in [2.24, 2.45) is 0 Å². The molecule has 0 aromatic rings. The first-order chi connectivity index (χ1) is 5.77. The maximum absolute atomic E-state index is 10.4. The van der Waals surface area contributed by atoms with Crippen LogP contribution in [0.15, 0.2) is 36.5 Å². The lowest BCUT2D eigenvalue weighted by atomic mass is 10.2. The van der Waals surface area contributed by atoms with Gasteiger partial charge >= 0.3 is 0 Å². The summed E-state index contributed by atoms with van der Waals surface area (Å²) in [5, 5.41) is 0. The van der Waals surface area contributed by atoms with Crippen LogP contribution in [0, 0.1) is 0 Å². The summed E-state index contributed by atoms with van der Waals surface area (Å²) >= 11 is 0. The molecule has 0 amide bonds. The van der Waals surface area contributed by atoms with E-state index in [9.17, 15) is 4.79 Å². The van der Waals surface area contributed by atoms with Crippen molar-refractivity contribution < 1.29 is 4.79 Å². The van der Waals surface area contributed by atoms with Gasteiger partial charge in [0.25, 0.3) is 0 Å². The van der Waals surface area contributed by atoms with E-state index >= 15 is 0 Å². The fraction of sp³-hybridized carbons (Fsp3) is 0.364. The smallest absolute Gasteiger partial charge is 0.152 e. The fourth-order valence-corrected chi connectivity index (χ4v) is 0.725. The number of hydrogen-bond acceptors (Lipinski definition) is 1. The van der Waals surface area contributed by atoms with Crippen molar-refractivity contribution in [2.45, 2.75) is 26.7 Å². The standard InChI is InChI=1S/C11H16O/c1-3-4-5-6-7-8-9-10-11(2)12/h3-4,7-10H,5-6H2,1-2H3. The predicted octanol–water partition coefficient (Wildman–Crippen LogP) is 3.04. The molecule has 0 saturated carbocycles. The molecule has 66 valence electrons. The average molecular weight is 164 g/mol. The third kappa shape index (κ3) is 8.89. The number of carbonyl (C=O) groups is 1. The third-order valence-corrected chi connectivity index (χ3v) is 1.31. The van der Waals surface area contributed by atoms with Crippen LogP contribution in [-0.4, -0.2) is 5.78 Å². The molecule has 0 bridgehead atoms. The average Bonchev–Trinajstić information content (AvgIpc) is 2.02. The first kappa shape index (κ1) is 10.9. The van der Waals surface area contributed by atoms with Crippen LogP contribution in [0.3, 0.4) is 0 Å². The molecule has 0 unspecified atom stereocenters. The Morgan fingerprint density at radius 1 is 1.17 bits per heavy atom. The number of allylic oxidation sites excluding steroid dienone is 6. The molecule has 0 rings (SSSR count). The van der Waals surface area contributed by atoms with Gasteiger partial charge in [-0.15, -0.1) is 0 Å². The van der Waals surface area contributed by atoms with Crippen LogP contribution in [0.4, 0.5) is 0 Å². The zero-order valence-corrected chi connectivity index (χ0v) is 7.79. The van der Waals surface area contributed by atoms with E-state index in [0.717, 1.165) is 12.8 Å². The lowest BCUT2D eigenvalue weighted by Gasteiger charge is -1.83. The molecule has 0 saturated heterocycles. The number of unbranched alkanes of at least 4 members (excludes halogenated alkanes) is 1. The van der Waals surface area contributed by atoms with E-state index in [0.29, 0.717) is 0 Å². The summed E-state index contributed by atoms with van der Waals surface area (Å²) in [6.45, 7) is 3.56. The molecule has 1 nitrogen and oxygen atoms in total. The molecular formula is C11H16O. The quantitative estimate of drug-likeness (QED) is 0.264. The lowest BCUT2D eigenvalue weighted by molar-refractivity contribution is -0.112. The van der Waals surface area contributed by atoms with Crippen molar-refractivity contribution >= 4 is 5.78 Å². The molecule has 0 N–H and O–H groups in total. The summed E-state index contributed by atoms with van der Waals surface area (Å²) < 4.78 is 0. The van der Waals surface area contributed by atoms with Crippen LogP contribution in [0.1, 0.15) is 26.7 Å². The normalized spacial score (nSPS) is 12.2. The Bertz CT molecular complexity index is 197. The Hall–Kier alpha value is -1.11. The van der Waals surface area contributed by atoms with Gasteiger partial charge in [0.2, 0.25) is 0 Å². The SMILES string of the molecule is CC=CCCC=CC=CC(C)=O. The molecule has 0 spiro atoms. The van der Waals surface area contributed by atoms with Gasteiger partial charge in [-0.1, -0.05) is 30.4 Å². The van der Waals surface area contributed by atoms with E-state index in [1.165, 1.54) is 0 Å². The highest BCUT2D eigenvalue weighted by molar-refractivity contribution is 5.87. The first-order valence-electron chi connectivity index (χ1n) is 4.22. The predicted molar refractivity (Wildman–Crippen MR) is 53.0 cm³/mol. The van der Waals surface area contributed by atoms with Gasteiger partial charge in [-0.05, 0) is 32.8 Å². The minimum absolute atomic E-state index is 0.0908. The number of hydrogen-bond donors (Lipinski definition) is 0. The third-order valence-electron chi connectivity index (χ3n) is 1.31. The van der Waals surface area contributed by atoms with Gasteiger partial charge in [0.05, 0.1) is 0 Å². The molecule has 0 aromatic carbocycles. The van der Waals surface area contributed by atoms with E-state index in [1.54, 1.807) is 19.1 Å². The summed E-state index contributed by atoms with van der Waals surface area (Å²) in [5.74, 6) is 0.0908. The summed E-state index contributed by atoms with van der Waals surface area (Å²) in [4.78, 5) is 10.4. The first-order valence-corrected chi connectivity index (χ1v) is 4.22. The van der Waals surface area contributed by atoms with E-state index in [-0.39, 0.29) is 5.78 Å². The zero-order chi connectivity index (χ0) is 9.23. The van der Waals surface area contributed by atoms with Gasteiger partial charge in [0.1, 0.15) is 0 Å². The van der Waals surface area contributed by atoms with E-state index < -0.39 is 0 Å². The van der Waals surface area contributed by atoms with Crippen LogP contribution < -0.4 is 0 Å². The molecule has 0 aliphatic rings. The van der Waals surface area contributed by atoms with Crippen molar-refractivity contribution in [1.82, 2.24) is 0 Å². The number of rotatable bonds is 5. The van der Waals surface area contributed by atoms with Crippen molar-refractivity contribution in [2.75, 3.05) is 0 Å². The second kappa shape index (κ2) is 7.99. The Morgan fingerprint density at radius 2 is 1.83 bits per heavy atom. The van der Waals surface area contributed by atoms with Crippen LogP contribution in [0.2, 0.25) is 0 Å². The highest BCUT2D eigenvalue weighted by Crippen LogP contribution is 1.92. The Morgan fingerprint density at radius 3 is 2.42 bits per heavy atom. The molecule has 0 radical (unpaired) electrons. The van der Waals surface area contributed by atoms with Crippen LogP contribution in [0.5, 0.6) is 0 Å². The van der Waals surface area contributed by atoms with Gasteiger partial charge in [0.15, 0.2) is 5.78 Å². The Kier molecular flexibility index (Phi) is 7.25. The van der Waals surface area contributed by atoms with Gasteiger partial charge in [0, 0.05) is 0 Å². The van der Waals surface area contributed by atoms with Crippen molar-refractivity contribution in [3.05, 3.63) is 36.5 Å². The van der Waals surface area contributed by atoms with E-state index in [2.05, 4.69) is 12.2 Å². The highest BCUT2D eigenvalue weighted by Gasteiger charge is 1.77. The second-order valence-electron chi connectivity index (χ2n) is 2.54. The molecule has 1 heteroatoms. The van der Waals surface area contributed by atoms with E-state index in [1.807, 2.05) is 19.1 Å². The molecule has 0 aliphatic carbocycles.